The lowest BCUT2D eigenvalue weighted by Gasteiger charge is -2.27. The summed E-state index contributed by atoms with van der Waals surface area (Å²) in [6, 6.07) is 0. The fourth-order valence-electron chi connectivity index (χ4n) is 1.95. The molecular formula is C10H12N6O2. The second kappa shape index (κ2) is 4.22. The zero-order valence-corrected chi connectivity index (χ0v) is 9.61. The number of nitrogens with zero attached hydrogens (tertiary/aromatic N) is 5. The lowest BCUT2D eigenvalue weighted by Crippen LogP contribution is -2.38. The number of nitrogen functional groups attached to an aromatic ring is 1. The van der Waals surface area contributed by atoms with Gasteiger partial charge in [-0.1, -0.05) is 0 Å². The molecule has 1 aliphatic heterocycles. The van der Waals surface area contributed by atoms with Crippen molar-refractivity contribution in [2.75, 3.05) is 36.9 Å². The maximum absolute atomic E-state index is 11.7. The molecule has 0 spiro atoms. The highest BCUT2D eigenvalue weighted by molar-refractivity contribution is 5.81. The van der Waals surface area contributed by atoms with Crippen molar-refractivity contribution in [3.63, 3.8) is 0 Å². The maximum Gasteiger partial charge on any atom is 0.360 e. The molecular weight excluding hydrogens is 236 g/mol. The van der Waals surface area contributed by atoms with Gasteiger partial charge in [0.25, 0.3) is 0 Å². The highest BCUT2D eigenvalue weighted by Crippen LogP contribution is 2.21. The van der Waals surface area contributed by atoms with Crippen LogP contribution in [0.3, 0.4) is 0 Å². The molecule has 0 aliphatic carbocycles. The van der Waals surface area contributed by atoms with Crippen LogP contribution in [0, 0.1) is 5.21 Å². The van der Waals surface area contributed by atoms with Crippen LogP contribution in [0.25, 0.3) is 11.2 Å². The molecule has 8 heteroatoms. The summed E-state index contributed by atoms with van der Waals surface area (Å²) < 4.78 is 5.93. The molecule has 1 aliphatic rings. The Morgan fingerprint density at radius 2 is 2.11 bits per heavy atom. The molecule has 94 valence electrons. The highest BCUT2D eigenvalue weighted by Gasteiger charge is 2.22. The summed E-state index contributed by atoms with van der Waals surface area (Å²) in [5, 5.41) is 11.7. The van der Waals surface area contributed by atoms with Gasteiger partial charge < -0.3 is 20.6 Å². The molecule has 0 aromatic carbocycles. The molecule has 0 saturated carbocycles. The lowest BCUT2D eigenvalue weighted by molar-refractivity contribution is -0.579. The molecule has 18 heavy (non-hydrogen) atoms. The summed E-state index contributed by atoms with van der Waals surface area (Å²) in [5.41, 5.74) is 6.29. The van der Waals surface area contributed by atoms with Gasteiger partial charge in [0.1, 0.15) is 6.20 Å². The normalized spacial score (nSPS) is 16.1. The summed E-state index contributed by atoms with van der Waals surface area (Å²) in [6.07, 6.45) is 2.72. The molecule has 8 nitrogen and oxygen atoms in total. The van der Waals surface area contributed by atoms with Gasteiger partial charge in [-0.2, -0.15) is 4.98 Å². The van der Waals surface area contributed by atoms with E-state index in [0.29, 0.717) is 42.4 Å². The minimum absolute atomic E-state index is 0.0709. The molecule has 1 saturated heterocycles. The number of ether oxygens (including phenoxy) is 1. The molecule has 0 bridgehead atoms. The summed E-state index contributed by atoms with van der Waals surface area (Å²) in [5.74, 6) is 0.660. The SMILES string of the molecule is Nc1nc(N2CCOCC2)c2ncc[n+]([O-])c2n1. The molecule has 2 N–H and O–H groups in total. The quantitative estimate of drug-likeness (QED) is 0.514. The summed E-state index contributed by atoms with van der Waals surface area (Å²) in [6.45, 7) is 2.63. The predicted octanol–water partition coefficient (Wildman–Crippen LogP) is -0.923. The molecule has 1 fully saturated rings. The Morgan fingerprint density at radius 1 is 1.33 bits per heavy atom. The first-order valence-corrected chi connectivity index (χ1v) is 5.60. The van der Waals surface area contributed by atoms with Crippen molar-refractivity contribution in [3.8, 4) is 0 Å². The van der Waals surface area contributed by atoms with Gasteiger partial charge in [-0.25, -0.2) is 9.71 Å². The molecule has 0 atom stereocenters. The molecule has 0 amide bonds. The number of rotatable bonds is 1. The van der Waals surface area contributed by atoms with Gasteiger partial charge in [0, 0.05) is 18.1 Å². The smallest absolute Gasteiger partial charge is 0.360 e. The number of aromatic nitrogens is 4. The van der Waals surface area contributed by atoms with Crippen LogP contribution >= 0.6 is 0 Å². The van der Waals surface area contributed by atoms with E-state index in [2.05, 4.69) is 15.0 Å². The zero-order chi connectivity index (χ0) is 12.5. The summed E-state index contributed by atoms with van der Waals surface area (Å²) >= 11 is 0. The first kappa shape index (κ1) is 10.9. The molecule has 3 heterocycles. The van der Waals surface area contributed by atoms with Gasteiger partial charge in [0.2, 0.25) is 5.52 Å². The zero-order valence-electron chi connectivity index (χ0n) is 9.61. The van der Waals surface area contributed by atoms with Crippen LogP contribution in [0.15, 0.2) is 12.4 Å². The van der Waals surface area contributed by atoms with E-state index >= 15 is 0 Å². The van der Waals surface area contributed by atoms with Crippen molar-refractivity contribution in [1.29, 1.82) is 0 Å². The Morgan fingerprint density at radius 3 is 2.89 bits per heavy atom. The van der Waals surface area contributed by atoms with Crippen molar-refractivity contribution in [2.24, 2.45) is 0 Å². The van der Waals surface area contributed by atoms with Crippen LogP contribution in [0.2, 0.25) is 0 Å². The van der Waals surface area contributed by atoms with E-state index in [-0.39, 0.29) is 11.6 Å². The van der Waals surface area contributed by atoms with E-state index in [4.69, 9.17) is 10.5 Å². The minimum Gasteiger partial charge on any atom is -0.710 e. The lowest BCUT2D eigenvalue weighted by atomic mass is 10.3. The van der Waals surface area contributed by atoms with Crippen LogP contribution in [-0.2, 0) is 4.74 Å². The average molecular weight is 248 g/mol. The second-order valence-electron chi connectivity index (χ2n) is 3.93. The van der Waals surface area contributed by atoms with E-state index in [1.54, 1.807) is 0 Å². The predicted molar refractivity (Wildman–Crippen MR) is 63.7 cm³/mol. The Kier molecular flexibility index (Phi) is 2.56. The van der Waals surface area contributed by atoms with Crippen LogP contribution in [0.1, 0.15) is 0 Å². The third-order valence-electron chi connectivity index (χ3n) is 2.79. The maximum atomic E-state index is 11.7. The van der Waals surface area contributed by atoms with E-state index in [9.17, 15) is 5.21 Å². The standard InChI is InChI=1S/C10H12N6O2/c11-10-13-8(15-3-5-18-6-4-15)7-9(14-10)16(17)2-1-12-7/h1-2H,3-6H2,(H2,11,13,14). The first-order chi connectivity index (χ1) is 8.75. The highest BCUT2D eigenvalue weighted by atomic mass is 16.5. The number of morpholine rings is 1. The monoisotopic (exact) mass is 248 g/mol. The van der Waals surface area contributed by atoms with Crippen molar-refractivity contribution < 1.29 is 9.47 Å². The van der Waals surface area contributed by atoms with Crippen LogP contribution < -0.4 is 15.4 Å². The van der Waals surface area contributed by atoms with Crippen molar-refractivity contribution >= 4 is 22.9 Å². The second-order valence-corrected chi connectivity index (χ2v) is 3.93. The molecule has 0 unspecified atom stereocenters. The molecule has 2 aromatic rings. The van der Waals surface area contributed by atoms with Gasteiger partial charge in [0.15, 0.2) is 5.82 Å². The first-order valence-electron chi connectivity index (χ1n) is 5.60. The van der Waals surface area contributed by atoms with Gasteiger partial charge >= 0.3 is 11.6 Å². The van der Waals surface area contributed by atoms with E-state index < -0.39 is 0 Å². The Bertz CT molecular complexity index is 584. The number of hydrogen-bond donors (Lipinski definition) is 1. The van der Waals surface area contributed by atoms with Crippen molar-refractivity contribution in [3.05, 3.63) is 17.6 Å². The van der Waals surface area contributed by atoms with E-state index in [1.807, 2.05) is 4.90 Å². The van der Waals surface area contributed by atoms with Gasteiger partial charge in [0.05, 0.1) is 19.4 Å². The van der Waals surface area contributed by atoms with Gasteiger partial charge in [-0.05, 0) is 0 Å². The van der Waals surface area contributed by atoms with Crippen molar-refractivity contribution in [1.82, 2.24) is 15.0 Å². The third kappa shape index (κ3) is 1.76. The summed E-state index contributed by atoms with van der Waals surface area (Å²) in [7, 11) is 0. The van der Waals surface area contributed by atoms with E-state index in [1.165, 1.54) is 12.4 Å². The molecule has 2 aromatic heterocycles. The number of hydrogen-bond acceptors (Lipinski definition) is 7. The number of fused-ring (bicyclic) bond motifs is 1. The fourth-order valence-corrected chi connectivity index (χ4v) is 1.95. The summed E-state index contributed by atoms with van der Waals surface area (Å²) in [4.78, 5) is 14.3. The van der Waals surface area contributed by atoms with Crippen LogP contribution in [0.4, 0.5) is 11.8 Å². The third-order valence-corrected chi connectivity index (χ3v) is 2.79. The minimum atomic E-state index is 0.0709. The number of anilines is 2. The van der Waals surface area contributed by atoms with Gasteiger partial charge in [-0.3, -0.25) is 0 Å². The Labute approximate surface area is 103 Å². The molecule has 3 rings (SSSR count). The fraction of sp³-hybridized carbons (Fsp3) is 0.400. The largest absolute Gasteiger partial charge is 0.710 e. The van der Waals surface area contributed by atoms with Crippen LogP contribution in [0.5, 0.6) is 0 Å². The van der Waals surface area contributed by atoms with E-state index in [0.717, 1.165) is 0 Å². The average Bonchev–Trinajstić information content (AvgIpc) is 2.40. The Hall–Kier alpha value is -2.22. The van der Waals surface area contributed by atoms with Crippen LogP contribution in [-0.4, -0.2) is 41.3 Å². The topological polar surface area (TPSA) is 104 Å². The van der Waals surface area contributed by atoms with Gasteiger partial charge in [-0.15, -0.1) is 0 Å². The Balaban J connectivity index is 2.18. The van der Waals surface area contributed by atoms with Crippen molar-refractivity contribution in [2.45, 2.75) is 0 Å². The molecule has 0 radical (unpaired) electrons. The number of nitrogens with two attached hydrogens (primary N) is 1.